The van der Waals surface area contributed by atoms with E-state index in [1.54, 1.807) is 19.1 Å². The van der Waals surface area contributed by atoms with Crippen molar-refractivity contribution < 1.29 is 23.5 Å². The maximum atomic E-state index is 13.0. The Morgan fingerprint density at radius 1 is 1.11 bits per heavy atom. The maximum absolute atomic E-state index is 13.0. The topological polar surface area (TPSA) is 67.9 Å². The Bertz CT molecular complexity index is 854. The molecule has 2 aromatic carbocycles. The van der Waals surface area contributed by atoms with Crippen molar-refractivity contribution in [2.24, 2.45) is 0 Å². The molecule has 2 amide bonds. The number of methoxy groups -OCH3 is 2. The van der Waals surface area contributed by atoms with E-state index in [0.29, 0.717) is 23.6 Å². The summed E-state index contributed by atoms with van der Waals surface area (Å²) in [6.45, 7) is 0.518. The average Bonchev–Trinajstić information content (AvgIpc) is 3.21. The fraction of sp³-hybridized carbons (Fsp3) is 0.333. The summed E-state index contributed by atoms with van der Waals surface area (Å²) >= 11 is 0. The molecule has 1 unspecified atom stereocenters. The number of amides is 2. The molecular weight excluding hydrogens is 363 g/mol. The molecule has 0 spiro atoms. The third kappa shape index (κ3) is 4.24. The van der Waals surface area contributed by atoms with Crippen LogP contribution in [0.1, 0.15) is 34.8 Å². The Labute approximate surface area is 163 Å². The van der Waals surface area contributed by atoms with Crippen molar-refractivity contribution >= 4 is 11.8 Å². The summed E-state index contributed by atoms with van der Waals surface area (Å²) in [5, 5.41) is 2.61. The van der Waals surface area contributed by atoms with Crippen LogP contribution >= 0.6 is 0 Å². The van der Waals surface area contributed by atoms with Crippen LogP contribution in [0.2, 0.25) is 0 Å². The smallest absolute Gasteiger partial charge is 0.251 e. The van der Waals surface area contributed by atoms with Gasteiger partial charge in [-0.2, -0.15) is 0 Å². The largest absolute Gasteiger partial charge is 0.493 e. The van der Waals surface area contributed by atoms with Gasteiger partial charge in [0.05, 0.1) is 26.8 Å². The Morgan fingerprint density at radius 2 is 1.82 bits per heavy atom. The number of carbonyl (C=O) groups excluding carboxylic acids is 2. The van der Waals surface area contributed by atoms with Crippen molar-refractivity contribution in [2.75, 3.05) is 27.3 Å². The molecule has 0 aliphatic carbocycles. The van der Waals surface area contributed by atoms with Gasteiger partial charge in [-0.15, -0.1) is 0 Å². The predicted molar refractivity (Wildman–Crippen MR) is 102 cm³/mol. The number of carbonyl (C=O) groups is 2. The maximum Gasteiger partial charge on any atom is 0.251 e. The minimum atomic E-state index is -0.414. The average molecular weight is 386 g/mol. The van der Waals surface area contributed by atoms with E-state index >= 15 is 0 Å². The monoisotopic (exact) mass is 386 g/mol. The number of rotatable bonds is 6. The molecule has 0 saturated carbocycles. The molecular formula is C21H23FN2O4. The predicted octanol–water partition coefficient (Wildman–Crippen LogP) is 2.94. The van der Waals surface area contributed by atoms with E-state index in [-0.39, 0.29) is 18.5 Å². The summed E-state index contributed by atoms with van der Waals surface area (Å²) in [6.07, 6.45) is 1.73. The van der Waals surface area contributed by atoms with Gasteiger partial charge in [-0.3, -0.25) is 9.59 Å². The third-order valence-electron chi connectivity index (χ3n) is 4.87. The number of hydrogen-bond donors (Lipinski definition) is 1. The summed E-state index contributed by atoms with van der Waals surface area (Å²) in [5.74, 6) is 0.267. The molecule has 1 aliphatic heterocycles. The van der Waals surface area contributed by atoms with Gasteiger partial charge in [0.2, 0.25) is 5.91 Å². The summed E-state index contributed by atoms with van der Waals surface area (Å²) in [5.41, 5.74) is 1.28. The highest BCUT2D eigenvalue weighted by Gasteiger charge is 2.30. The molecule has 1 N–H and O–H groups in total. The molecule has 1 aliphatic rings. The minimum Gasteiger partial charge on any atom is -0.493 e. The summed E-state index contributed by atoms with van der Waals surface area (Å²) in [7, 11) is 3.15. The fourth-order valence-corrected chi connectivity index (χ4v) is 3.43. The molecule has 0 bridgehead atoms. The van der Waals surface area contributed by atoms with Crippen molar-refractivity contribution in [3.63, 3.8) is 0 Å². The highest BCUT2D eigenvalue weighted by atomic mass is 19.1. The molecule has 1 fully saturated rings. The van der Waals surface area contributed by atoms with E-state index in [1.807, 2.05) is 18.2 Å². The van der Waals surface area contributed by atoms with Gasteiger partial charge in [0, 0.05) is 12.1 Å². The lowest BCUT2D eigenvalue weighted by Crippen LogP contribution is -2.39. The molecule has 1 atom stereocenters. The number of nitrogens with one attached hydrogen (secondary N) is 1. The van der Waals surface area contributed by atoms with E-state index in [0.717, 1.165) is 18.4 Å². The number of hydrogen-bond acceptors (Lipinski definition) is 4. The zero-order valence-electron chi connectivity index (χ0n) is 15.9. The van der Waals surface area contributed by atoms with Crippen molar-refractivity contribution in [1.82, 2.24) is 10.2 Å². The van der Waals surface area contributed by atoms with Crippen molar-refractivity contribution in [1.29, 1.82) is 0 Å². The van der Waals surface area contributed by atoms with E-state index in [1.165, 1.54) is 24.3 Å². The number of halogens is 1. The zero-order valence-corrected chi connectivity index (χ0v) is 15.9. The lowest BCUT2D eigenvalue weighted by Gasteiger charge is -2.26. The van der Waals surface area contributed by atoms with E-state index < -0.39 is 11.7 Å². The molecule has 148 valence electrons. The minimum absolute atomic E-state index is 0.0740. The van der Waals surface area contributed by atoms with Crippen LogP contribution in [0.5, 0.6) is 11.5 Å². The first kappa shape index (κ1) is 19.7. The van der Waals surface area contributed by atoms with Crippen LogP contribution in [-0.4, -0.2) is 44.0 Å². The van der Waals surface area contributed by atoms with Crippen LogP contribution in [0.25, 0.3) is 0 Å². The van der Waals surface area contributed by atoms with Crippen LogP contribution < -0.4 is 14.8 Å². The Kier molecular flexibility index (Phi) is 6.13. The highest BCUT2D eigenvalue weighted by Crippen LogP contribution is 2.36. The first-order chi connectivity index (χ1) is 13.5. The molecule has 2 aromatic rings. The van der Waals surface area contributed by atoms with Crippen molar-refractivity contribution in [2.45, 2.75) is 18.9 Å². The van der Waals surface area contributed by atoms with E-state index in [4.69, 9.17) is 9.47 Å². The first-order valence-corrected chi connectivity index (χ1v) is 9.08. The van der Waals surface area contributed by atoms with Gasteiger partial charge < -0.3 is 19.7 Å². The molecule has 6 nitrogen and oxygen atoms in total. The number of nitrogens with zero attached hydrogens (tertiary/aromatic N) is 1. The molecule has 1 heterocycles. The van der Waals surface area contributed by atoms with Crippen LogP contribution in [0.3, 0.4) is 0 Å². The van der Waals surface area contributed by atoms with Crippen molar-refractivity contribution in [3.05, 3.63) is 59.4 Å². The zero-order chi connectivity index (χ0) is 20.1. The normalized spacial score (nSPS) is 16.0. The van der Waals surface area contributed by atoms with Crippen LogP contribution in [-0.2, 0) is 4.79 Å². The van der Waals surface area contributed by atoms with Crippen LogP contribution in [0.4, 0.5) is 4.39 Å². The van der Waals surface area contributed by atoms with Gasteiger partial charge >= 0.3 is 0 Å². The summed E-state index contributed by atoms with van der Waals surface area (Å²) < 4.78 is 23.6. The Balaban J connectivity index is 1.66. The van der Waals surface area contributed by atoms with Gasteiger partial charge in [0.25, 0.3) is 5.91 Å². The second-order valence-corrected chi connectivity index (χ2v) is 6.55. The van der Waals surface area contributed by atoms with Crippen LogP contribution in [0.15, 0.2) is 42.5 Å². The molecule has 0 aromatic heterocycles. The number of ether oxygens (including phenoxy) is 2. The SMILES string of the molecule is COc1ccc(C2CCCN2C(=O)CNC(=O)c2ccc(F)cc2)cc1OC. The lowest BCUT2D eigenvalue weighted by atomic mass is 10.0. The molecule has 0 radical (unpaired) electrons. The van der Waals surface area contributed by atoms with E-state index in [2.05, 4.69) is 5.32 Å². The molecule has 1 saturated heterocycles. The quantitative estimate of drug-likeness (QED) is 0.829. The second-order valence-electron chi connectivity index (χ2n) is 6.55. The lowest BCUT2D eigenvalue weighted by molar-refractivity contribution is -0.131. The highest BCUT2D eigenvalue weighted by molar-refractivity contribution is 5.96. The number of benzene rings is 2. The van der Waals surface area contributed by atoms with Gasteiger partial charge in [-0.25, -0.2) is 4.39 Å². The third-order valence-corrected chi connectivity index (χ3v) is 4.87. The van der Waals surface area contributed by atoms with Crippen molar-refractivity contribution in [3.8, 4) is 11.5 Å². The van der Waals surface area contributed by atoms with Crippen LogP contribution in [0, 0.1) is 5.82 Å². The van der Waals surface area contributed by atoms with Gasteiger partial charge in [0.15, 0.2) is 11.5 Å². The molecule has 7 heteroatoms. The first-order valence-electron chi connectivity index (χ1n) is 9.08. The number of likely N-dealkylation sites (tertiary alicyclic amines) is 1. The van der Waals surface area contributed by atoms with Gasteiger partial charge in [0.1, 0.15) is 5.82 Å². The second kappa shape index (κ2) is 8.73. The molecule has 28 heavy (non-hydrogen) atoms. The fourth-order valence-electron chi connectivity index (χ4n) is 3.43. The molecule has 3 rings (SSSR count). The Morgan fingerprint density at radius 3 is 2.50 bits per heavy atom. The van der Waals surface area contributed by atoms with Gasteiger partial charge in [-0.1, -0.05) is 6.07 Å². The standard InChI is InChI=1S/C21H23FN2O4/c1-27-18-10-7-15(12-19(18)28-2)17-4-3-11-24(17)20(25)13-23-21(26)14-5-8-16(22)9-6-14/h5-10,12,17H,3-4,11,13H2,1-2H3,(H,23,26). The summed E-state index contributed by atoms with van der Waals surface area (Å²) in [6, 6.07) is 10.8. The Hall–Kier alpha value is -3.09. The van der Waals surface area contributed by atoms with Gasteiger partial charge in [-0.05, 0) is 54.8 Å². The van der Waals surface area contributed by atoms with E-state index in [9.17, 15) is 14.0 Å². The summed E-state index contributed by atoms with van der Waals surface area (Å²) in [4.78, 5) is 26.6.